The number of benzene rings is 2. The molecule has 9 nitrogen and oxygen atoms in total. The molecule has 1 amide bonds. The predicted molar refractivity (Wildman–Crippen MR) is 107 cm³/mol. The van der Waals surface area contributed by atoms with Crippen molar-refractivity contribution in [1.29, 1.82) is 0 Å². The van der Waals surface area contributed by atoms with Gasteiger partial charge in [0.25, 0.3) is 11.6 Å². The number of carbonyl (C=O) groups is 1. The Balaban J connectivity index is 1.93. The number of nitrogens with two attached hydrogens (primary N) is 1. The highest BCUT2D eigenvalue weighted by atomic mass is 16.6. The maximum atomic E-state index is 13.2. The van der Waals surface area contributed by atoms with E-state index in [-0.39, 0.29) is 17.1 Å². The van der Waals surface area contributed by atoms with Crippen molar-refractivity contribution in [2.75, 3.05) is 17.2 Å². The van der Waals surface area contributed by atoms with Gasteiger partial charge in [-0.15, -0.1) is 0 Å². The average Bonchev–Trinajstić information content (AvgIpc) is 3.13. The van der Waals surface area contributed by atoms with Gasteiger partial charge >= 0.3 is 0 Å². The van der Waals surface area contributed by atoms with Gasteiger partial charge in [-0.25, -0.2) is 4.68 Å². The zero-order valence-corrected chi connectivity index (χ0v) is 15.9. The summed E-state index contributed by atoms with van der Waals surface area (Å²) < 4.78 is 1.31. The number of non-ortho nitro benzene ring substituents is 1. The Morgan fingerprint density at radius 1 is 1.24 bits per heavy atom. The summed E-state index contributed by atoms with van der Waals surface area (Å²) in [5.41, 5.74) is 6.18. The van der Waals surface area contributed by atoms with Gasteiger partial charge in [0, 0.05) is 24.2 Å². The van der Waals surface area contributed by atoms with Gasteiger partial charge in [0.05, 0.1) is 27.6 Å². The van der Waals surface area contributed by atoms with E-state index in [9.17, 15) is 20.0 Å². The molecule has 1 aliphatic rings. The molecule has 2 heterocycles. The van der Waals surface area contributed by atoms with Gasteiger partial charge in [-0.2, -0.15) is 5.10 Å². The van der Waals surface area contributed by atoms with E-state index in [2.05, 4.69) is 5.10 Å². The molecule has 3 N–H and O–H groups in total. The van der Waals surface area contributed by atoms with Crippen LogP contribution in [0.3, 0.4) is 0 Å². The molecule has 9 heteroatoms. The number of nitrogens with zero attached hydrogens (tertiary/aromatic N) is 4. The standard InChI is InChI=1S/C20H19N5O4/c1-3-23-16-10-5-4-9-15(16)20(27,19(23)26)17-12(2)22-24(18(17)21)13-7-6-8-14(11-13)25(28)29/h4-11,27H,3,21H2,1-2H3/t20-/m1/s1. The summed E-state index contributed by atoms with van der Waals surface area (Å²) in [5.74, 6) is -0.457. The van der Waals surface area contributed by atoms with Crippen molar-refractivity contribution in [1.82, 2.24) is 9.78 Å². The predicted octanol–water partition coefficient (Wildman–Crippen LogP) is 2.27. The lowest BCUT2D eigenvalue weighted by Gasteiger charge is -2.23. The lowest BCUT2D eigenvalue weighted by atomic mass is 9.87. The van der Waals surface area contributed by atoms with Gasteiger partial charge in [0.2, 0.25) is 5.60 Å². The van der Waals surface area contributed by atoms with Crippen molar-refractivity contribution in [3.05, 3.63) is 75.5 Å². The molecule has 0 unspecified atom stereocenters. The normalized spacial score (nSPS) is 18.2. The molecule has 0 fully saturated rings. The molecular formula is C20H19N5O4. The highest BCUT2D eigenvalue weighted by Gasteiger charge is 2.53. The number of para-hydroxylation sites is 1. The van der Waals surface area contributed by atoms with E-state index in [0.29, 0.717) is 29.2 Å². The summed E-state index contributed by atoms with van der Waals surface area (Å²) in [7, 11) is 0. The number of likely N-dealkylation sites (N-methyl/N-ethyl adjacent to an activating group) is 1. The Morgan fingerprint density at radius 2 is 1.97 bits per heavy atom. The summed E-state index contributed by atoms with van der Waals surface area (Å²) in [6, 6.07) is 12.8. The number of nitro benzene ring substituents is 1. The molecule has 29 heavy (non-hydrogen) atoms. The van der Waals surface area contributed by atoms with E-state index < -0.39 is 16.4 Å². The van der Waals surface area contributed by atoms with Crippen molar-refractivity contribution in [2.45, 2.75) is 19.4 Å². The van der Waals surface area contributed by atoms with Crippen LogP contribution in [0.5, 0.6) is 0 Å². The molecule has 0 radical (unpaired) electrons. The SMILES string of the molecule is CCN1C(=O)[C@](O)(c2c(C)nn(-c3cccc([N+](=O)[O-])c3)c2N)c2ccccc21. The molecule has 0 bridgehead atoms. The van der Waals surface area contributed by atoms with Gasteiger partial charge < -0.3 is 15.7 Å². The van der Waals surface area contributed by atoms with Crippen LogP contribution in [-0.4, -0.2) is 32.3 Å². The van der Waals surface area contributed by atoms with E-state index in [1.54, 1.807) is 37.3 Å². The number of aromatic nitrogens is 2. The molecule has 0 aliphatic carbocycles. The van der Waals surface area contributed by atoms with E-state index in [1.165, 1.54) is 27.8 Å². The molecule has 2 aromatic carbocycles. The first-order chi connectivity index (χ1) is 13.8. The van der Waals surface area contributed by atoms with Crippen LogP contribution in [0.2, 0.25) is 0 Å². The number of amides is 1. The first kappa shape index (κ1) is 18.6. The van der Waals surface area contributed by atoms with Crippen molar-refractivity contribution in [3.8, 4) is 5.69 Å². The molecule has 0 saturated carbocycles. The fraction of sp³-hybridized carbons (Fsp3) is 0.200. The number of aliphatic hydroxyl groups is 1. The Labute approximate surface area is 166 Å². The van der Waals surface area contributed by atoms with Gasteiger partial charge in [0.1, 0.15) is 5.82 Å². The maximum Gasteiger partial charge on any atom is 0.271 e. The Bertz CT molecular complexity index is 1160. The molecule has 1 aliphatic heterocycles. The molecule has 0 spiro atoms. The molecule has 0 saturated heterocycles. The second kappa shape index (κ2) is 6.42. The largest absolute Gasteiger partial charge is 0.383 e. The smallest absolute Gasteiger partial charge is 0.271 e. The van der Waals surface area contributed by atoms with Crippen LogP contribution >= 0.6 is 0 Å². The van der Waals surface area contributed by atoms with Crippen LogP contribution in [0.25, 0.3) is 5.69 Å². The van der Waals surface area contributed by atoms with Gasteiger partial charge in [-0.05, 0) is 26.0 Å². The highest BCUT2D eigenvalue weighted by Crippen LogP contribution is 2.47. The van der Waals surface area contributed by atoms with Gasteiger partial charge in [-0.1, -0.05) is 24.3 Å². The number of aryl methyl sites for hydroxylation is 1. The Hall–Kier alpha value is -3.72. The number of carbonyl (C=O) groups excluding carboxylic acids is 1. The third-order valence-electron chi connectivity index (χ3n) is 5.20. The average molecular weight is 393 g/mol. The quantitative estimate of drug-likeness (QED) is 0.517. The zero-order chi connectivity index (χ0) is 20.9. The second-order valence-electron chi connectivity index (χ2n) is 6.81. The Kier molecular flexibility index (Phi) is 4.12. The third-order valence-corrected chi connectivity index (χ3v) is 5.20. The van der Waals surface area contributed by atoms with E-state index >= 15 is 0 Å². The lowest BCUT2D eigenvalue weighted by molar-refractivity contribution is -0.384. The number of rotatable bonds is 4. The first-order valence-corrected chi connectivity index (χ1v) is 9.05. The van der Waals surface area contributed by atoms with Crippen LogP contribution in [0.15, 0.2) is 48.5 Å². The topological polar surface area (TPSA) is 128 Å². The summed E-state index contributed by atoms with van der Waals surface area (Å²) >= 11 is 0. The fourth-order valence-electron chi connectivity index (χ4n) is 3.92. The molecule has 3 aromatic rings. The summed E-state index contributed by atoms with van der Waals surface area (Å²) in [4.78, 5) is 25.3. The van der Waals surface area contributed by atoms with Crippen LogP contribution in [0.4, 0.5) is 17.2 Å². The molecule has 1 aromatic heterocycles. The number of hydrogen-bond acceptors (Lipinski definition) is 6. The number of hydrogen-bond donors (Lipinski definition) is 2. The van der Waals surface area contributed by atoms with Gasteiger partial charge in [0.15, 0.2) is 0 Å². The van der Waals surface area contributed by atoms with E-state index in [4.69, 9.17) is 5.73 Å². The van der Waals surface area contributed by atoms with Crippen molar-refractivity contribution in [3.63, 3.8) is 0 Å². The number of nitro groups is 1. The second-order valence-corrected chi connectivity index (χ2v) is 6.81. The van der Waals surface area contributed by atoms with Crippen LogP contribution in [-0.2, 0) is 10.4 Å². The maximum absolute atomic E-state index is 13.2. The summed E-state index contributed by atoms with van der Waals surface area (Å²) in [6.45, 7) is 3.85. The molecular weight excluding hydrogens is 374 g/mol. The minimum Gasteiger partial charge on any atom is -0.383 e. The minimum atomic E-state index is -1.99. The van der Waals surface area contributed by atoms with Crippen molar-refractivity contribution < 1.29 is 14.8 Å². The Morgan fingerprint density at radius 3 is 2.66 bits per heavy atom. The van der Waals surface area contributed by atoms with E-state index in [1.807, 2.05) is 6.92 Å². The number of fused-ring (bicyclic) bond motifs is 1. The monoisotopic (exact) mass is 393 g/mol. The summed E-state index contributed by atoms with van der Waals surface area (Å²) in [5, 5.41) is 27.1. The zero-order valence-electron chi connectivity index (χ0n) is 15.9. The number of anilines is 2. The molecule has 1 atom stereocenters. The lowest BCUT2D eigenvalue weighted by Crippen LogP contribution is -2.41. The van der Waals surface area contributed by atoms with Crippen molar-refractivity contribution in [2.24, 2.45) is 0 Å². The summed E-state index contributed by atoms with van der Waals surface area (Å²) in [6.07, 6.45) is 0. The first-order valence-electron chi connectivity index (χ1n) is 9.05. The van der Waals surface area contributed by atoms with Crippen LogP contribution in [0.1, 0.15) is 23.7 Å². The minimum absolute atomic E-state index is 0.0478. The number of nitrogen functional groups attached to an aromatic ring is 1. The third kappa shape index (κ3) is 2.51. The van der Waals surface area contributed by atoms with Gasteiger partial charge in [-0.3, -0.25) is 14.9 Å². The van der Waals surface area contributed by atoms with Crippen molar-refractivity contribution >= 4 is 23.1 Å². The van der Waals surface area contributed by atoms with Crippen LogP contribution in [0, 0.1) is 17.0 Å². The highest BCUT2D eigenvalue weighted by molar-refractivity contribution is 6.09. The molecule has 4 rings (SSSR count). The van der Waals surface area contributed by atoms with E-state index in [0.717, 1.165) is 0 Å². The van der Waals surface area contributed by atoms with Crippen LogP contribution < -0.4 is 10.6 Å². The fourth-order valence-corrected chi connectivity index (χ4v) is 3.92. The molecule has 148 valence electrons.